The zero-order valence-corrected chi connectivity index (χ0v) is 18.0. The van der Waals surface area contributed by atoms with Crippen LogP contribution in [0.15, 0.2) is 42.5 Å². The Morgan fingerprint density at radius 1 is 1.07 bits per heavy atom. The highest BCUT2D eigenvalue weighted by Crippen LogP contribution is 2.26. The number of rotatable bonds is 6. The van der Waals surface area contributed by atoms with Crippen molar-refractivity contribution in [3.8, 4) is 0 Å². The van der Waals surface area contributed by atoms with E-state index in [1.165, 1.54) is 17.7 Å². The van der Waals surface area contributed by atoms with Crippen molar-refractivity contribution in [3.63, 3.8) is 0 Å². The van der Waals surface area contributed by atoms with Crippen LogP contribution in [-0.4, -0.2) is 27.2 Å². The molecule has 2 amide bonds. The standard InChI is InChI=1S/C20H26ClN3O3S/c1-20(2,3)15-7-5-14(6-8-15)11-12-22-19(25)23-16-9-10-18(17(21)13-16)24-28(4,26)27/h5-10,13,24H,11-12H2,1-4H3,(H2,22,23,25). The van der Waals surface area contributed by atoms with Crippen LogP contribution in [0.1, 0.15) is 31.9 Å². The number of urea groups is 1. The van der Waals surface area contributed by atoms with Crippen LogP contribution < -0.4 is 15.4 Å². The van der Waals surface area contributed by atoms with Gasteiger partial charge in [0.15, 0.2) is 0 Å². The minimum atomic E-state index is -3.42. The van der Waals surface area contributed by atoms with E-state index >= 15 is 0 Å². The maximum absolute atomic E-state index is 12.0. The van der Waals surface area contributed by atoms with Crippen LogP contribution in [0.4, 0.5) is 16.2 Å². The minimum absolute atomic E-state index is 0.115. The van der Waals surface area contributed by atoms with Crippen molar-refractivity contribution in [2.45, 2.75) is 32.6 Å². The van der Waals surface area contributed by atoms with Crippen LogP contribution in [-0.2, 0) is 21.9 Å². The highest BCUT2D eigenvalue weighted by atomic mass is 35.5. The molecule has 8 heteroatoms. The van der Waals surface area contributed by atoms with Gasteiger partial charge in [0.1, 0.15) is 0 Å². The second-order valence-electron chi connectivity index (χ2n) is 7.65. The van der Waals surface area contributed by atoms with Crippen LogP contribution in [0, 0.1) is 0 Å². The highest BCUT2D eigenvalue weighted by molar-refractivity contribution is 7.92. The van der Waals surface area contributed by atoms with Crippen LogP contribution in [0.5, 0.6) is 0 Å². The minimum Gasteiger partial charge on any atom is -0.338 e. The van der Waals surface area contributed by atoms with Gasteiger partial charge >= 0.3 is 6.03 Å². The van der Waals surface area contributed by atoms with Gasteiger partial charge in [-0.25, -0.2) is 13.2 Å². The van der Waals surface area contributed by atoms with Gasteiger partial charge in [-0.05, 0) is 41.2 Å². The Balaban J connectivity index is 1.85. The Hall–Kier alpha value is -2.25. The summed E-state index contributed by atoms with van der Waals surface area (Å²) in [4.78, 5) is 12.0. The molecule has 2 aromatic rings. The molecule has 0 aliphatic rings. The fourth-order valence-electron chi connectivity index (χ4n) is 2.54. The fourth-order valence-corrected chi connectivity index (χ4v) is 3.40. The van der Waals surface area contributed by atoms with Gasteiger partial charge in [0.2, 0.25) is 10.0 Å². The molecule has 2 aromatic carbocycles. The van der Waals surface area contributed by atoms with Crippen molar-refractivity contribution in [3.05, 3.63) is 58.6 Å². The Labute approximate surface area is 171 Å². The number of nitrogens with one attached hydrogen (secondary N) is 3. The van der Waals surface area contributed by atoms with Crippen molar-refractivity contribution in [2.75, 3.05) is 22.8 Å². The van der Waals surface area contributed by atoms with Gasteiger partial charge in [-0.2, -0.15) is 0 Å². The largest absolute Gasteiger partial charge is 0.338 e. The van der Waals surface area contributed by atoms with Crippen molar-refractivity contribution in [2.24, 2.45) is 0 Å². The predicted molar refractivity (Wildman–Crippen MR) is 116 cm³/mol. The Morgan fingerprint density at radius 2 is 1.71 bits per heavy atom. The Kier molecular flexibility index (Phi) is 6.96. The van der Waals surface area contributed by atoms with E-state index in [1.807, 2.05) is 0 Å². The fraction of sp³-hybridized carbons (Fsp3) is 0.350. The summed E-state index contributed by atoms with van der Waals surface area (Å²) in [7, 11) is -3.42. The number of sulfonamides is 1. The summed E-state index contributed by atoms with van der Waals surface area (Å²) in [6.07, 6.45) is 1.76. The summed E-state index contributed by atoms with van der Waals surface area (Å²) < 4.78 is 24.8. The van der Waals surface area contributed by atoms with Gasteiger partial charge in [-0.15, -0.1) is 0 Å². The maximum atomic E-state index is 12.0. The van der Waals surface area contributed by atoms with Crippen LogP contribution >= 0.6 is 11.6 Å². The lowest BCUT2D eigenvalue weighted by Gasteiger charge is -2.19. The van der Waals surface area contributed by atoms with Crippen molar-refractivity contribution in [1.29, 1.82) is 0 Å². The summed E-state index contributed by atoms with van der Waals surface area (Å²) in [5, 5.41) is 5.66. The summed E-state index contributed by atoms with van der Waals surface area (Å²) in [6, 6.07) is 12.6. The lowest BCUT2D eigenvalue weighted by Crippen LogP contribution is -2.30. The molecular formula is C20H26ClN3O3S. The normalized spacial score (nSPS) is 11.8. The molecule has 3 N–H and O–H groups in total. The van der Waals surface area contributed by atoms with E-state index in [2.05, 4.69) is 60.4 Å². The second kappa shape index (κ2) is 8.84. The molecule has 152 valence electrons. The Bertz CT molecular complexity index is 936. The molecule has 0 radical (unpaired) electrons. The molecule has 0 atom stereocenters. The molecule has 0 saturated heterocycles. The first-order valence-corrected chi connectivity index (χ1v) is 11.1. The number of anilines is 2. The highest BCUT2D eigenvalue weighted by Gasteiger charge is 2.13. The van der Waals surface area contributed by atoms with Gasteiger partial charge in [-0.1, -0.05) is 56.6 Å². The summed E-state index contributed by atoms with van der Waals surface area (Å²) in [6.45, 7) is 7.00. The van der Waals surface area contributed by atoms with E-state index in [0.29, 0.717) is 12.2 Å². The smallest absolute Gasteiger partial charge is 0.319 e. The molecule has 0 aliphatic heterocycles. The van der Waals surface area contributed by atoms with E-state index < -0.39 is 10.0 Å². The van der Waals surface area contributed by atoms with E-state index in [9.17, 15) is 13.2 Å². The summed E-state index contributed by atoms with van der Waals surface area (Å²) >= 11 is 6.05. The molecule has 0 bridgehead atoms. The van der Waals surface area contributed by atoms with E-state index in [1.54, 1.807) is 6.07 Å². The molecule has 28 heavy (non-hydrogen) atoms. The first kappa shape index (κ1) is 22.0. The van der Waals surface area contributed by atoms with E-state index in [-0.39, 0.29) is 22.2 Å². The SMILES string of the molecule is CC(C)(C)c1ccc(CCNC(=O)Nc2ccc(NS(C)(=O)=O)c(Cl)c2)cc1. The molecule has 6 nitrogen and oxygen atoms in total. The van der Waals surface area contributed by atoms with Crippen LogP contribution in [0.2, 0.25) is 5.02 Å². The van der Waals surface area contributed by atoms with E-state index in [4.69, 9.17) is 11.6 Å². The Morgan fingerprint density at radius 3 is 2.25 bits per heavy atom. The van der Waals surface area contributed by atoms with Crippen molar-refractivity contribution in [1.82, 2.24) is 5.32 Å². The topological polar surface area (TPSA) is 87.3 Å². The van der Waals surface area contributed by atoms with Crippen LogP contribution in [0.3, 0.4) is 0 Å². The number of amides is 2. The lowest BCUT2D eigenvalue weighted by atomic mass is 9.86. The zero-order chi connectivity index (χ0) is 20.9. The van der Waals surface area contributed by atoms with Gasteiger partial charge in [0.25, 0.3) is 0 Å². The molecule has 0 unspecified atom stereocenters. The number of hydrogen-bond acceptors (Lipinski definition) is 3. The molecular weight excluding hydrogens is 398 g/mol. The molecule has 0 aliphatic carbocycles. The molecule has 0 fully saturated rings. The number of hydrogen-bond donors (Lipinski definition) is 3. The second-order valence-corrected chi connectivity index (χ2v) is 9.80. The van der Waals surface area contributed by atoms with Gasteiger partial charge in [0, 0.05) is 12.2 Å². The number of benzene rings is 2. The third-order valence-corrected chi connectivity index (χ3v) is 4.94. The molecule has 0 aromatic heterocycles. The van der Waals surface area contributed by atoms with E-state index in [0.717, 1.165) is 18.2 Å². The first-order valence-electron chi connectivity index (χ1n) is 8.86. The van der Waals surface area contributed by atoms with Gasteiger partial charge < -0.3 is 10.6 Å². The molecule has 0 heterocycles. The molecule has 2 rings (SSSR count). The number of halogens is 1. The number of carbonyl (C=O) groups is 1. The molecule has 0 spiro atoms. The summed E-state index contributed by atoms with van der Waals surface area (Å²) in [5.74, 6) is 0. The molecule has 0 saturated carbocycles. The average Bonchev–Trinajstić information content (AvgIpc) is 2.56. The van der Waals surface area contributed by atoms with Crippen LogP contribution in [0.25, 0.3) is 0 Å². The van der Waals surface area contributed by atoms with Crippen molar-refractivity contribution < 1.29 is 13.2 Å². The average molecular weight is 424 g/mol. The lowest BCUT2D eigenvalue weighted by molar-refractivity contribution is 0.252. The first-order chi connectivity index (χ1) is 12.9. The number of carbonyl (C=O) groups excluding carboxylic acids is 1. The zero-order valence-electron chi connectivity index (χ0n) is 16.5. The van der Waals surface area contributed by atoms with Crippen molar-refractivity contribution >= 4 is 39.0 Å². The third-order valence-electron chi connectivity index (χ3n) is 4.04. The van der Waals surface area contributed by atoms with Gasteiger partial charge in [0.05, 0.1) is 17.0 Å². The third kappa shape index (κ3) is 7.05. The van der Waals surface area contributed by atoms with Gasteiger partial charge in [-0.3, -0.25) is 4.72 Å². The quantitative estimate of drug-likeness (QED) is 0.644. The predicted octanol–water partition coefficient (Wildman–Crippen LogP) is 4.37. The maximum Gasteiger partial charge on any atom is 0.319 e. The summed E-state index contributed by atoms with van der Waals surface area (Å²) in [5.41, 5.74) is 3.26. The monoisotopic (exact) mass is 423 g/mol.